The van der Waals surface area contributed by atoms with Crippen molar-refractivity contribution in [3.63, 3.8) is 0 Å². The standard InChI is InChI=1S/C28H43N3/c1-21(2)30(22(3)4)18-16-28(20-29,17-19-31(23(5)6)24(7)8)27-15-11-13-25-12-9-10-14-26(25)27/h9-15,21-24H,16-19H2,1-8H3. The molecule has 0 aliphatic heterocycles. The molecule has 0 saturated heterocycles. The van der Waals surface area contributed by atoms with Crippen LogP contribution in [-0.2, 0) is 5.41 Å². The van der Waals surface area contributed by atoms with Crippen LogP contribution in [-0.4, -0.2) is 47.1 Å². The molecular formula is C28H43N3. The monoisotopic (exact) mass is 421 g/mol. The third-order valence-corrected chi connectivity index (χ3v) is 6.77. The van der Waals surface area contributed by atoms with E-state index in [1.165, 1.54) is 16.3 Å². The van der Waals surface area contributed by atoms with E-state index >= 15 is 0 Å². The number of nitriles is 1. The zero-order valence-electron chi connectivity index (χ0n) is 21.0. The largest absolute Gasteiger partial charge is 0.298 e. The van der Waals surface area contributed by atoms with Gasteiger partial charge in [0.1, 0.15) is 0 Å². The maximum absolute atomic E-state index is 10.7. The number of hydrogen-bond acceptors (Lipinski definition) is 3. The van der Waals surface area contributed by atoms with Gasteiger partial charge in [-0.25, -0.2) is 0 Å². The van der Waals surface area contributed by atoms with Crippen LogP contribution in [0.25, 0.3) is 10.8 Å². The third-order valence-electron chi connectivity index (χ3n) is 6.77. The molecule has 0 aliphatic rings. The number of fused-ring (bicyclic) bond motifs is 1. The first kappa shape index (κ1) is 25.4. The molecule has 0 aliphatic carbocycles. The fourth-order valence-corrected chi connectivity index (χ4v) is 5.07. The van der Waals surface area contributed by atoms with Crippen molar-refractivity contribution in [3.8, 4) is 6.07 Å². The van der Waals surface area contributed by atoms with Crippen LogP contribution in [0.1, 0.15) is 73.8 Å². The van der Waals surface area contributed by atoms with Crippen LogP contribution in [0, 0.1) is 11.3 Å². The molecule has 0 N–H and O–H groups in total. The molecule has 0 radical (unpaired) electrons. The molecule has 0 spiro atoms. The summed E-state index contributed by atoms with van der Waals surface area (Å²) in [5.41, 5.74) is 0.679. The summed E-state index contributed by atoms with van der Waals surface area (Å²) in [6, 6.07) is 19.7. The molecule has 2 aromatic carbocycles. The van der Waals surface area contributed by atoms with Gasteiger partial charge in [0.15, 0.2) is 0 Å². The zero-order chi connectivity index (χ0) is 23.2. The highest BCUT2D eigenvalue weighted by molar-refractivity contribution is 5.87. The molecule has 0 unspecified atom stereocenters. The lowest BCUT2D eigenvalue weighted by atomic mass is 9.73. The molecule has 3 nitrogen and oxygen atoms in total. The second-order valence-corrected chi connectivity index (χ2v) is 10.1. The Bertz CT molecular complexity index is 815. The fraction of sp³-hybridized carbons (Fsp3) is 0.607. The Hall–Kier alpha value is -1.89. The second-order valence-electron chi connectivity index (χ2n) is 10.1. The van der Waals surface area contributed by atoms with Crippen LogP contribution in [0.15, 0.2) is 42.5 Å². The lowest BCUT2D eigenvalue weighted by molar-refractivity contribution is 0.143. The summed E-state index contributed by atoms with van der Waals surface area (Å²) in [6.45, 7) is 19.9. The van der Waals surface area contributed by atoms with Crippen molar-refractivity contribution in [3.05, 3.63) is 48.0 Å². The van der Waals surface area contributed by atoms with E-state index in [1.54, 1.807) is 0 Å². The van der Waals surface area contributed by atoms with Gasteiger partial charge in [0.05, 0.1) is 11.5 Å². The van der Waals surface area contributed by atoms with E-state index in [9.17, 15) is 5.26 Å². The Morgan fingerprint density at radius 2 is 1.16 bits per heavy atom. The minimum atomic E-state index is -0.509. The molecule has 3 heteroatoms. The van der Waals surface area contributed by atoms with Crippen LogP contribution in [0.5, 0.6) is 0 Å². The summed E-state index contributed by atoms with van der Waals surface area (Å²) >= 11 is 0. The van der Waals surface area contributed by atoms with Gasteiger partial charge in [-0.15, -0.1) is 0 Å². The van der Waals surface area contributed by atoms with Gasteiger partial charge < -0.3 is 0 Å². The van der Waals surface area contributed by atoms with Gasteiger partial charge >= 0.3 is 0 Å². The SMILES string of the molecule is CC(C)N(CCC(C#N)(CCN(C(C)C)C(C)C)c1cccc2ccccc12)C(C)C. The smallest absolute Gasteiger partial charge is 0.0852 e. The van der Waals surface area contributed by atoms with Crippen LogP contribution < -0.4 is 0 Å². The van der Waals surface area contributed by atoms with E-state index in [2.05, 4.69) is 114 Å². The first-order valence-electron chi connectivity index (χ1n) is 12.0. The Morgan fingerprint density at radius 1 is 0.710 bits per heavy atom. The topological polar surface area (TPSA) is 30.3 Å². The minimum absolute atomic E-state index is 0.465. The summed E-state index contributed by atoms with van der Waals surface area (Å²) in [6.07, 6.45) is 1.69. The highest BCUT2D eigenvalue weighted by Crippen LogP contribution is 2.37. The molecule has 0 fully saturated rings. The van der Waals surface area contributed by atoms with Gasteiger partial charge in [0, 0.05) is 37.3 Å². The fourth-order valence-electron chi connectivity index (χ4n) is 5.07. The van der Waals surface area contributed by atoms with Crippen LogP contribution >= 0.6 is 0 Å². The van der Waals surface area contributed by atoms with E-state index in [0.29, 0.717) is 24.2 Å². The summed E-state index contributed by atoms with van der Waals surface area (Å²) in [4.78, 5) is 5.03. The molecule has 2 rings (SSSR count). The van der Waals surface area contributed by atoms with Gasteiger partial charge in [-0.1, -0.05) is 42.5 Å². The number of hydrogen-bond donors (Lipinski definition) is 0. The van der Waals surface area contributed by atoms with Crippen LogP contribution in [0.2, 0.25) is 0 Å². The predicted molar refractivity (Wildman–Crippen MR) is 134 cm³/mol. The quantitative estimate of drug-likeness (QED) is 0.408. The number of benzene rings is 2. The van der Waals surface area contributed by atoms with Crippen molar-refractivity contribution in [1.29, 1.82) is 5.26 Å². The van der Waals surface area contributed by atoms with Crippen molar-refractivity contribution < 1.29 is 0 Å². The van der Waals surface area contributed by atoms with Gasteiger partial charge in [0.2, 0.25) is 0 Å². The number of rotatable bonds is 11. The Kier molecular flexibility index (Phi) is 9.10. The summed E-state index contributed by atoms with van der Waals surface area (Å²) < 4.78 is 0. The molecule has 0 aromatic heterocycles. The summed E-state index contributed by atoms with van der Waals surface area (Å²) in [5.74, 6) is 0. The lowest BCUT2D eigenvalue weighted by Crippen LogP contribution is -2.43. The van der Waals surface area contributed by atoms with Gasteiger partial charge in [0.25, 0.3) is 0 Å². The first-order valence-corrected chi connectivity index (χ1v) is 12.0. The average molecular weight is 422 g/mol. The summed E-state index contributed by atoms with van der Waals surface area (Å²) in [5, 5.41) is 13.1. The van der Waals surface area contributed by atoms with Crippen LogP contribution in [0.3, 0.4) is 0 Å². The van der Waals surface area contributed by atoms with Gasteiger partial charge in [-0.2, -0.15) is 5.26 Å². The van der Waals surface area contributed by atoms with E-state index < -0.39 is 5.41 Å². The van der Waals surface area contributed by atoms with Gasteiger partial charge in [-0.05, 0) is 84.6 Å². The first-order chi connectivity index (χ1) is 14.6. The highest BCUT2D eigenvalue weighted by Gasteiger charge is 2.35. The average Bonchev–Trinajstić information content (AvgIpc) is 2.71. The normalized spacial score (nSPS) is 12.8. The molecule has 31 heavy (non-hydrogen) atoms. The van der Waals surface area contributed by atoms with E-state index in [0.717, 1.165) is 25.9 Å². The molecule has 0 bridgehead atoms. The van der Waals surface area contributed by atoms with E-state index in [4.69, 9.17) is 0 Å². The van der Waals surface area contributed by atoms with Crippen molar-refractivity contribution in [2.45, 2.75) is 97.8 Å². The molecule has 2 aromatic rings. The summed E-state index contributed by atoms with van der Waals surface area (Å²) in [7, 11) is 0. The predicted octanol–water partition coefficient (Wildman–Crippen LogP) is 6.62. The lowest BCUT2D eigenvalue weighted by Gasteiger charge is -2.38. The third kappa shape index (κ3) is 6.09. The van der Waals surface area contributed by atoms with Crippen molar-refractivity contribution in [1.82, 2.24) is 9.80 Å². The molecular weight excluding hydrogens is 378 g/mol. The Balaban J connectivity index is 2.50. The van der Waals surface area contributed by atoms with Crippen LogP contribution in [0.4, 0.5) is 0 Å². The zero-order valence-corrected chi connectivity index (χ0v) is 21.0. The van der Waals surface area contributed by atoms with Gasteiger partial charge in [-0.3, -0.25) is 9.80 Å². The van der Waals surface area contributed by atoms with Crippen molar-refractivity contribution in [2.75, 3.05) is 13.1 Å². The molecule has 0 amide bonds. The maximum atomic E-state index is 10.7. The Morgan fingerprint density at radius 3 is 1.61 bits per heavy atom. The van der Waals surface area contributed by atoms with E-state index in [1.807, 2.05) is 0 Å². The molecule has 0 atom stereocenters. The number of nitrogens with zero attached hydrogens (tertiary/aromatic N) is 3. The maximum Gasteiger partial charge on any atom is 0.0852 e. The Labute approximate surface area is 191 Å². The van der Waals surface area contributed by atoms with Crippen molar-refractivity contribution in [2.24, 2.45) is 0 Å². The van der Waals surface area contributed by atoms with E-state index in [-0.39, 0.29) is 0 Å². The molecule has 170 valence electrons. The highest BCUT2D eigenvalue weighted by atomic mass is 15.2. The molecule has 0 heterocycles. The minimum Gasteiger partial charge on any atom is -0.298 e. The second kappa shape index (κ2) is 11.1. The molecule has 0 saturated carbocycles. The van der Waals surface area contributed by atoms with Crippen molar-refractivity contribution >= 4 is 10.8 Å².